The minimum Gasteiger partial charge on any atom is -0.480 e. The summed E-state index contributed by atoms with van der Waals surface area (Å²) in [6.45, 7) is 2.36. The lowest BCUT2D eigenvalue weighted by molar-refractivity contribution is -0.385. The second kappa shape index (κ2) is 38.3. The summed E-state index contributed by atoms with van der Waals surface area (Å²) in [6.07, 6.45) is -17.4. The molecule has 0 aliphatic carbocycles. The summed E-state index contributed by atoms with van der Waals surface area (Å²) in [6, 6.07) is 40.6. The van der Waals surface area contributed by atoms with Gasteiger partial charge < -0.3 is 74.1 Å². The number of nitrogens with one attached hydrogen (secondary N) is 4. The number of amides is 4. The van der Waals surface area contributed by atoms with Crippen LogP contribution in [0.2, 0.25) is 0 Å². The minimum absolute atomic E-state index is 0.107. The zero-order chi connectivity index (χ0) is 81.0. The summed E-state index contributed by atoms with van der Waals surface area (Å²) in [5.74, 6) is -13.1. The number of carbonyl (C=O) groups excluding carboxylic acids is 5. The van der Waals surface area contributed by atoms with Crippen molar-refractivity contribution in [2.24, 2.45) is 0 Å². The van der Waals surface area contributed by atoms with Crippen LogP contribution in [-0.4, -0.2) is 128 Å². The standard InChI is InChI=1S/C20H20F2N2O7.C17H15F2N3O6.C16H12F2N2O7.C14H9F2NO6/c1-19(2,3)31-17(25)12-23-18(26)20(21,22)30-16-7-5-4-6-15(16)29-14-10-8-13(9-11-14)24(27)28;1-20-15(23)10-21-16(24)17(18,19)28-14-5-3-2-4-13(14)27-12-8-6-11(7-9-12)22(25)26;17-16(18,15(23)19-9-14(21)22)27-13-4-2-1-3-12(13)26-11-7-5-10(6-8-11)20(24)25;15-14(16,13(18)19)23-12-4-2-1-3-11(12)22-10-7-5-9(6-8-10)17(20)21/h4-11H,12H2,1-3H3,(H,23,26);2-9H,10H2,1H3,(H,20,23)(H,21,24);1-8H,9H2,(H,19,23)(H,21,22);1-8H,(H,18,19). The van der Waals surface area contributed by atoms with E-state index in [4.69, 9.17) is 33.9 Å². The number of non-ortho nitro benzene ring substituents is 4. The monoisotopic (exact) mass is 1540 g/mol. The van der Waals surface area contributed by atoms with Crippen molar-refractivity contribution in [2.45, 2.75) is 50.8 Å². The molecular formula is C67H56F8N8O26. The van der Waals surface area contributed by atoms with Crippen LogP contribution in [-0.2, 0) is 38.3 Å². The maximum Gasteiger partial charge on any atom is 0.502 e. The Balaban J connectivity index is 0.000000262. The average Bonchev–Trinajstić information content (AvgIpc) is 0.845. The van der Waals surface area contributed by atoms with Crippen molar-refractivity contribution in [3.05, 3.63) is 235 Å². The van der Waals surface area contributed by atoms with Crippen LogP contribution < -0.4 is 59.2 Å². The van der Waals surface area contributed by atoms with E-state index >= 15 is 0 Å². The average molecular weight is 1540 g/mol. The van der Waals surface area contributed by atoms with E-state index in [1.165, 1.54) is 170 Å². The molecule has 0 unspecified atom stereocenters. The van der Waals surface area contributed by atoms with E-state index in [1.807, 2.05) is 0 Å². The number of esters is 1. The molecule has 0 aliphatic heterocycles. The summed E-state index contributed by atoms with van der Waals surface area (Å²) in [5.41, 5.74) is -1.54. The van der Waals surface area contributed by atoms with Crippen molar-refractivity contribution in [3.63, 3.8) is 0 Å². The Bertz CT molecular complexity index is 4560. The lowest BCUT2D eigenvalue weighted by atomic mass is 10.2. The Labute approximate surface area is 606 Å². The van der Waals surface area contributed by atoms with E-state index in [-0.39, 0.29) is 68.7 Å². The van der Waals surface area contributed by atoms with E-state index < -0.39 is 134 Å². The first kappa shape index (κ1) is 85.1. The van der Waals surface area contributed by atoms with Crippen molar-refractivity contribution in [1.82, 2.24) is 21.3 Å². The van der Waals surface area contributed by atoms with Crippen LogP contribution in [0.4, 0.5) is 57.9 Å². The molecule has 0 bridgehead atoms. The van der Waals surface area contributed by atoms with Crippen LogP contribution in [0.5, 0.6) is 69.0 Å². The number of hydrogen-bond donors (Lipinski definition) is 6. The number of ether oxygens (including phenoxy) is 9. The van der Waals surface area contributed by atoms with Gasteiger partial charge in [0.05, 0.1) is 26.2 Å². The fourth-order valence-electron chi connectivity index (χ4n) is 7.51. The Hall–Kier alpha value is -14.5. The van der Waals surface area contributed by atoms with Gasteiger partial charge >= 0.3 is 60.1 Å². The topological polar surface area (TPSA) is 464 Å². The number of carbonyl (C=O) groups is 7. The summed E-state index contributed by atoms with van der Waals surface area (Å²) < 4.78 is 155. The van der Waals surface area contributed by atoms with Gasteiger partial charge in [0.15, 0.2) is 46.0 Å². The van der Waals surface area contributed by atoms with Crippen molar-refractivity contribution < 1.29 is 141 Å². The molecule has 42 heteroatoms. The highest BCUT2D eigenvalue weighted by atomic mass is 19.3. The Morgan fingerprint density at radius 2 is 0.587 bits per heavy atom. The van der Waals surface area contributed by atoms with Gasteiger partial charge in [-0.15, -0.1) is 0 Å². The molecule has 34 nitrogen and oxygen atoms in total. The van der Waals surface area contributed by atoms with Crippen LogP contribution in [0.3, 0.4) is 0 Å². The Morgan fingerprint density at radius 3 is 0.807 bits per heavy atom. The highest BCUT2D eigenvalue weighted by Crippen LogP contribution is 2.40. The third-order valence-electron chi connectivity index (χ3n) is 12.4. The molecule has 0 saturated heterocycles. The largest absolute Gasteiger partial charge is 0.502 e. The maximum atomic E-state index is 14.2. The predicted octanol–water partition coefficient (Wildman–Crippen LogP) is 12.0. The number of carboxylic acids is 2. The number of halogens is 8. The van der Waals surface area contributed by atoms with Crippen molar-refractivity contribution in [3.8, 4) is 69.0 Å². The molecule has 0 spiro atoms. The number of nitrogens with zero attached hydrogens (tertiary/aromatic N) is 4. The third kappa shape index (κ3) is 27.9. The van der Waals surface area contributed by atoms with Crippen molar-refractivity contribution >= 4 is 64.3 Å². The third-order valence-corrected chi connectivity index (χ3v) is 12.4. The van der Waals surface area contributed by atoms with Gasteiger partial charge in [-0.2, -0.15) is 35.1 Å². The predicted molar refractivity (Wildman–Crippen MR) is 355 cm³/mol. The van der Waals surface area contributed by atoms with Gasteiger partial charge in [-0.1, -0.05) is 48.5 Å². The SMILES string of the molecule is CC(C)(C)OC(=O)CNC(=O)C(F)(F)Oc1ccccc1Oc1ccc([N+](=O)[O-])cc1.CNC(=O)CNC(=O)C(F)(F)Oc1ccccc1Oc1ccc([N+](=O)[O-])cc1.O=C(O)C(F)(F)Oc1ccccc1Oc1ccc([N+](=O)[O-])cc1.O=C(O)CNC(=O)C(F)(F)Oc1ccccc1Oc1ccc([N+](=O)[O-])cc1. The molecule has 0 radical (unpaired) electrons. The first-order chi connectivity index (χ1) is 51.1. The molecule has 8 aromatic rings. The molecule has 0 aliphatic rings. The van der Waals surface area contributed by atoms with Gasteiger partial charge in [0, 0.05) is 55.6 Å². The van der Waals surface area contributed by atoms with E-state index in [9.17, 15) is 109 Å². The number of benzene rings is 8. The van der Waals surface area contributed by atoms with Crippen molar-refractivity contribution in [2.75, 3.05) is 26.7 Å². The highest BCUT2D eigenvalue weighted by molar-refractivity contribution is 5.88. The molecule has 8 aromatic carbocycles. The Morgan fingerprint density at radius 1 is 0.358 bits per heavy atom. The molecule has 576 valence electrons. The fraction of sp³-hybridized carbons (Fsp3) is 0.179. The first-order valence-electron chi connectivity index (χ1n) is 30.1. The van der Waals surface area contributed by atoms with Crippen LogP contribution in [0.25, 0.3) is 0 Å². The number of aliphatic carboxylic acids is 2. The van der Waals surface area contributed by atoms with Crippen LogP contribution in [0.1, 0.15) is 20.8 Å². The lowest BCUT2D eigenvalue weighted by Crippen LogP contribution is -2.47. The number of nitro groups is 4. The number of alkyl halides is 8. The maximum absolute atomic E-state index is 14.2. The van der Waals surface area contributed by atoms with Crippen LogP contribution >= 0.6 is 0 Å². The highest BCUT2D eigenvalue weighted by Gasteiger charge is 2.46. The second-order valence-electron chi connectivity index (χ2n) is 21.7. The number of carboxylic acid groups (broad SMARTS) is 2. The molecule has 0 heterocycles. The second-order valence-corrected chi connectivity index (χ2v) is 21.7. The first-order valence-corrected chi connectivity index (χ1v) is 30.1. The van der Waals surface area contributed by atoms with E-state index in [0.29, 0.717) is 0 Å². The molecular weight excluding hydrogens is 1480 g/mol. The normalized spacial score (nSPS) is 10.9. The van der Waals surface area contributed by atoms with E-state index in [1.54, 1.807) is 31.4 Å². The molecule has 0 fully saturated rings. The summed E-state index contributed by atoms with van der Waals surface area (Å²) in [4.78, 5) is 118. The zero-order valence-electron chi connectivity index (χ0n) is 56.1. The number of para-hydroxylation sites is 8. The van der Waals surface area contributed by atoms with Crippen LogP contribution in [0.15, 0.2) is 194 Å². The molecule has 6 N–H and O–H groups in total. The Kier molecular flexibility index (Phi) is 29.9. The molecule has 0 atom stereocenters. The zero-order valence-corrected chi connectivity index (χ0v) is 56.1. The molecule has 0 saturated carbocycles. The summed E-state index contributed by atoms with van der Waals surface area (Å²) in [7, 11) is 1.29. The van der Waals surface area contributed by atoms with Crippen LogP contribution in [0, 0.1) is 40.5 Å². The summed E-state index contributed by atoms with van der Waals surface area (Å²) >= 11 is 0. The number of likely N-dealkylation sites (N-methyl/N-ethyl adjacent to an activating group) is 1. The molecule has 8 rings (SSSR count). The van der Waals surface area contributed by atoms with Gasteiger partial charge in [-0.25, -0.2) is 4.79 Å². The van der Waals surface area contributed by atoms with Gasteiger partial charge in [0.25, 0.3) is 22.7 Å². The molecule has 0 aromatic heterocycles. The lowest BCUT2D eigenvalue weighted by Gasteiger charge is -2.21. The number of hydrogen-bond acceptors (Lipinski definition) is 24. The van der Waals surface area contributed by atoms with E-state index in [0.717, 1.165) is 36.4 Å². The number of rotatable bonds is 30. The van der Waals surface area contributed by atoms with Crippen molar-refractivity contribution in [1.29, 1.82) is 0 Å². The van der Waals surface area contributed by atoms with Gasteiger partial charge in [0.1, 0.15) is 41.7 Å². The van der Waals surface area contributed by atoms with E-state index in [2.05, 4.69) is 24.3 Å². The molecule has 4 amide bonds. The fourth-order valence-corrected chi connectivity index (χ4v) is 7.51. The summed E-state index contributed by atoms with van der Waals surface area (Å²) in [5, 5.41) is 66.5. The minimum atomic E-state index is -4.42. The number of nitro benzene ring substituents is 4. The van der Waals surface area contributed by atoms with Gasteiger partial charge in [0.2, 0.25) is 5.91 Å². The molecule has 109 heavy (non-hydrogen) atoms. The quantitative estimate of drug-likeness (QED) is 0.0105. The van der Waals surface area contributed by atoms with Gasteiger partial charge in [-0.05, 0) is 118 Å². The smallest absolute Gasteiger partial charge is 0.480 e. The van der Waals surface area contributed by atoms with Gasteiger partial charge in [-0.3, -0.25) is 69.2 Å².